The summed E-state index contributed by atoms with van der Waals surface area (Å²) in [6, 6.07) is 11.8. The van der Waals surface area contributed by atoms with E-state index < -0.39 is 5.82 Å². The average Bonchev–Trinajstić information content (AvgIpc) is 2.61. The highest BCUT2D eigenvalue weighted by atomic mass is 35.5. The van der Waals surface area contributed by atoms with Crippen LogP contribution in [0.15, 0.2) is 48.5 Å². The summed E-state index contributed by atoms with van der Waals surface area (Å²) in [4.78, 5) is 12.1. The van der Waals surface area contributed by atoms with E-state index in [1.165, 1.54) is 18.2 Å². The summed E-state index contributed by atoms with van der Waals surface area (Å²) < 4.78 is 18.2. The second-order valence-corrected chi connectivity index (χ2v) is 5.66. The standard InChI is InChI=1S/C19H19ClFNO2/c1-3-18(14-6-8-15(24-2)9-7-14)22-19(23)11-5-13-4-10-17(21)16(20)12-13/h4-12,18H,3H2,1-2H3,(H,22,23)/b11-5+. The Bertz CT molecular complexity index is 729. The minimum Gasteiger partial charge on any atom is -0.497 e. The molecule has 1 amide bonds. The minimum absolute atomic E-state index is 0.0298. The number of carbonyl (C=O) groups excluding carboxylic acids is 1. The molecule has 0 radical (unpaired) electrons. The number of hydrogen-bond acceptors (Lipinski definition) is 2. The predicted octanol–water partition coefficient (Wildman–Crippen LogP) is 4.77. The number of hydrogen-bond donors (Lipinski definition) is 1. The molecule has 1 N–H and O–H groups in total. The fourth-order valence-corrected chi connectivity index (χ4v) is 2.45. The number of nitrogens with one attached hydrogen (secondary N) is 1. The fourth-order valence-electron chi connectivity index (χ4n) is 2.27. The van der Waals surface area contributed by atoms with Crippen LogP contribution in [0.4, 0.5) is 4.39 Å². The molecule has 3 nitrogen and oxygen atoms in total. The van der Waals surface area contributed by atoms with Gasteiger partial charge in [0.25, 0.3) is 0 Å². The van der Waals surface area contributed by atoms with Crippen molar-refractivity contribution in [2.24, 2.45) is 0 Å². The van der Waals surface area contributed by atoms with Crippen molar-refractivity contribution in [1.82, 2.24) is 5.32 Å². The Labute approximate surface area is 146 Å². The number of halogens is 2. The third-order valence-corrected chi connectivity index (χ3v) is 3.90. The third-order valence-electron chi connectivity index (χ3n) is 3.61. The van der Waals surface area contributed by atoms with Gasteiger partial charge in [-0.1, -0.05) is 36.7 Å². The average molecular weight is 348 g/mol. The van der Waals surface area contributed by atoms with Gasteiger partial charge in [-0.05, 0) is 47.9 Å². The Balaban J connectivity index is 2.02. The van der Waals surface area contributed by atoms with E-state index >= 15 is 0 Å². The number of methoxy groups -OCH3 is 1. The zero-order valence-electron chi connectivity index (χ0n) is 13.6. The van der Waals surface area contributed by atoms with Crippen molar-refractivity contribution in [2.75, 3.05) is 7.11 Å². The van der Waals surface area contributed by atoms with Gasteiger partial charge >= 0.3 is 0 Å². The molecule has 1 atom stereocenters. The van der Waals surface area contributed by atoms with E-state index in [0.717, 1.165) is 17.7 Å². The van der Waals surface area contributed by atoms with Gasteiger partial charge in [0, 0.05) is 6.08 Å². The first-order valence-corrected chi connectivity index (χ1v) is 7.99. The number of amides is 1. The van der Waals surface area contributed by atoms with E-state index in [1.807, 2.05) is 31.2 Å². The first-order chi connectivity index (χ1) is 11.5. The van der Waals surface area contributed by atoms with Crippen molar-refractivity contribution in [1.29, 1.82) is 0 Å². The Hall–Kier alpha value is -2.33. The molecule has 126 valence electrons. The van der Waals surface area contributed by atoms with Crippen LogP contribution in [0.25, 0.3) is 6.08 Å². The molecule has 0 spiro atoms. The van der Waals surface area contributed by atoms with Crippen LogP contribution in [0.1, 0.15) is 30.5 Å². The summed E-state index contributed by atoms with van der Waals surface area (Å²) in [6.45, 7) is 2.00. The molecule has 0 bridgehead atoms. The van der Waals surface area contributed by atoms with Gasteiger partial charge in [0.05, 0.1) is 18.2 Å². The molecule has 0 heterocycles. The van der Waals surface area contributed by atoms with Crippen LogP contribution in [-0.4, -0.2) is 13.0 Å². The zero-order valence-corrected chi connectivity index (χ0v) is 14.3. The Morgan fingerprint density at radius 1 is 1.29 bits per heavy atom. The molecule has 5 heteroatoms. The van der Waals surface area contributed by atoms with Gasteiger partial charge < -0.3 is 10.1 Å². The van der Waals surface area contributed by atoms with E-state index in [2.05, 4.69) is 5.32 Å². The molecule has 24 heavy (non-hydrogen) atoms. The second kappa shape index (κ2) is 8.50. The maximum absolute atomic E-state index is 13.1. The van der Waals surface area contributed by atoms with Crippen LogP contribution in [0.2, 0.25) is 5.02 Å². The number of rotatable bonds is 6. The maximum atomic E-state index is 13.1. The normalized spacial score (nSPS) is 12.2. The first kappa shape index (κ1) is 18.0. The summed E-state index contributed by atoms with van der Waals surface area (Å²) in [5, 5.41) is 2.97. The van der Waals surface area contributed by atoms with Crippen molar-refractivity contribution < 1.29 is 13.9 Å². The molecule has 2 aromatic rings. The quantitative estimate of drug-likeness (QED) is 0.764. The lowest BCUT2D eigenvalue weighted by Crippen LogP contribution is -2.26. The lowest BCUT2D eigenvalue weighted by molar-refractivity contribution is -0.117. The smallest absolute Gasteiger partial charge is 0.244 e. The molecule has 0 aromatic heterocycles. The number of carbonyl (C=O) groups is 1. The highest BCUT2D eigenvalue weighted by Crippen LogP contribution is 2.20. The molecule has 0 aliphatic carbocycles. The lowest BCUT2D eigenvalue weighted by Gasteiger charge is -2.16. The molecule has 0 fully saturated rings. The van der Waals surface area contributed by atoms with Crippen LogP contribution in [-0.2, 0) is 4.79 Å². The molecule has 0 saturated heterocycles. The fraction of sp³-hybridized carbons (Fsp3) is 0.211. The Morgan fingerprint density at radius 3 is 2.58 bits per heavy atom. The van der Waals surface area contributed by atoms with Gasteiger partial charge in [-0.15, -0.1) is 0 Å². The summed E-state index contributed by atoms with van der Waals surface area (Å²) in [5.74, 6) is 0.0648. The van der Waals surface area contributed by atoms with Crippen LogP contribution in [0, 0.1) is 5.82 Å². The van der Waals surface area contributed by atoms with Crippen LogP contribution in [0.5, 0.6) is 5.75 Å². The predicted molar refractivity (Wildman–Crippen MR) is 94.6 cm³/mol. The van der Waals surface area contributed by atoms with Crippen molar-refractivity contribution in [2.45, 2.75) is 19.4 Å². The molecular formula is C19H19ClFNO2. The molecule has 1 unspecified atom stereocenters. The van der Waals surface area contributed by atoms with E-state index in [4.69, 9.17) is 16.3 Å². The van der Waals surface area contributed by atoms with E-state index in [0.29, 0.717) is 5.56 Å². The van der Waals surface area contributed by atoms with Crippen molar-refractivity contribution in [3.8, 4) is 5.75 Å². The van der Waals surface area contributed by atoms with Gasteiger partial charge in [-0.3, -0.25) is 4.79 Å². The Morgan fingerprint density at radius 2 is 2.00 bits per heavy atom. The Kier molecular flexibility index (Phi) is 6.38. The molecular weight excluding hydrogens is 329 g/mol. The van der Waals surface area contributed by atoms with Crippen molar-refractivity contribution >= 4 is 23.6 Å². The molecule has 0 aliphatic rings. The summed E-state index contributed by atoms with van der Waals surface area (Å²) in [6.07, 6.45) is 3.77. The van der Waals surface area contributed by atoms with Crippen LogP contribution in [0.3, 0.4) is 0 Å². The monoisotopic (exact) mass is 347 g/mol. The maximum Gasteiger partial charge on any atom is 0.244 e. The molecule has 0 aliphatic heterocycles. The molecule has 0 saturated carbocycles. The number of ether oxygens (including phenoxy) is 1. The van der Waals surface area contributed by atoms with Gasteiger partial charge in [-0.25, -0.2) is 4.39 Å². The van der Waals surface area contributed by atoms with Crippen molar-refractivity contribution in [3.05, 3.63) is 70.5 Å². The first-order valence-electron chi connectivity index (χ1n) is 7.61. The summed E-state index contributed by atoms with van der Waals surface area (Å²) in [7, 11) is 1.61. The van der Waals surface area contributed by atoms with E-state index in [-0.39, 0.29) is 17.0 Å². The minimum atomic E-state index is -0.483. The second-order valence-electron chi connectivity index (χ2n) is 5.25. The molecule has 2 rings (SSSR count). The number of benzene rings is 2. The molecule has 2 aromatic carbocycles. The largest absolute Gasteiger partial charge is 0.497 e. The topological polar surface area (TPSA) is 38.3 Å². The summed E-state index contributed by atoms with van der Waals surface area (Å²) in [5.41, 5.74) is 1.67. The SMILES string of the molecule is CCC(NC(=O)/C=C/c1ccc(F)c(Cl)c1)c1ccc(OC)cc1. The van der Waals surface area contributed by atoms with E-state index in [9.17, 15) is 9.18 Å². The third kappa shape index (κ3) is 4.83. The van der Waals surface area contributed by atoms with Gasteiger partial charge in [-0.2, -0.15) is 0 Å². The van der Waals surface area contributed by atoms with Crippen LogP contribution < -0.4 is 10.1 Å². The summed E-state index contributed by atoms with van der Waals surface area (Å²) >= 11 is 5.72. The van der Waals surface area contributed by atoms with Gasteiger partial charge in [0.15, 0.2) is 0 Å². The lowest BCUT2D eigenvalue weighted by atomic mass is 10.0. The van der Waals surface area contributed by atoms with Crippen molar-refractivity contribution in [3.63, 3.8) is 0 Å². The highest BCUT2D eigenvalue weighted by Gasteiger charge is 2.11. The van der Waals surface area contributed by atoms with Gasteiger partial charge in [0.1, 0.15) is 11.6 Å². The van der Waals surface area contributed by atoms with E-state index in [1.54, 1.807) is 19.3 Å². The highest BCUT2D eigenvalue weighted by molar-refractivity contribution is 6.30. The zero-order chi connectivity index (χ0) is 17.5. The van der Waals surface area contributed by atoms with Crippen LogP contribution >= 0.6 is 11.6 Å². The van der Waals surface area contributed by atoms with Gasteiger partial charge in [0.2, 0.25) is 5.91 Å².